The van der Waals surface area contributed by atoms with Crippen molar-refractivity contribution >= 4 is 16.8 Å². The number of pyridine rings is 1. The second kappa shape index (κ2) is 6.22. The molecule has 2 aromatic rings. The number of hydrogen-bond acceptors (Lipinski definition) is 2. The molecule has 0 spiro atoms. The molecule has 1 aromatic carbocycles. The van der Waals surface area contributed by atoms with Gasteiger partial charge in [-0.2, -0.15) is 0 Å². The summed E-state index contributed by atoms with van der Waals surface area (Å²) < 4.78 is 1.89. The fraction of sp³-hybridized carbons (Fsp3) is 0.565. The molecule has 1 atom stereocenters. The van der Waals surface area contributed by atoms with Crippen LogP contribution in [0.1, 0.15) is 45.4 Å². The van der Waals surface area contributed by atoms with Crippen molar-refractivity contribution in [1.29, 1.82) is 0 Å². The number of para-hydroxylation sites is 1. The van der Waals surface area contributed by atoms with Crippen molar-refractivity contribution in [2.75, 3.05) is 0 Å². The largest absolute Gasteiger partial charge is 0.352 e. The number of rotatable bonds is 4. The molecule has 142 valence electrons. The number of hydrogen-bond donors (Lipinski definition) is 1. The van der Waals surface area contributed by atoms with Crippen molar-refractivity contribution in [2.24, 2.45) is 23.2 Å². The molecule has 4 saturated carbocycles. The van der Waals surface area contributed by atoms with E-state index in [0.29, 0.717) is 10.8 Å². The van der Waals surface area contributed by atoms with Crippen LogP contribution in [0.15, 0.2) is 41.3 Å². The highest BCUT2D eigenvalue weighted by molar-refractivity contribution is 5.82. The van der Waals surface area contributed by atoms with Crippen LogP contribution in [0.4, 0.5) is 0 Å². The van der Waals surface area contributed by atoms with E-state index in [2.05, 4.69) is 12.2 Å². The Morgan fingerprint density at radius 3 is 2.41 bits per heavy atom. The molecule has 4 aliphatic carbocycles. The first-order chi connectivity index (χ1) is 13.0. The number of carbonyl (C=O) groups is 1. The summed E-state index contributed by atoms with van der Waals surface area (Å²) in [4.78, 5) is 24.9. The Kier molecular flexibility index (Phi) is 3.92. The number of benzene rings is 1. The molecule has 4 heteroatoms. The van der Waals surface area contributed by atoms with Gasteiger partial charge in [0.25, 0.3) is 0 Å². The lowest BCUT2D eigenvalue weighted by Gasteiger charge is -2.59. The van der Waals surface area contributed by atoms with Crippen molar-refractivity contribution in [2.45, 2.75) is 58.0 Å². The summed E-state index contributed by atoms with van der Waals surface area (Å²) >= 11 is 0. The second-order valence-electron chi connectivity index (χ2n) is 9.39. The van der Waals surface area contributed by atoms with Gasteiger partial charge in [0.05, 0.1) is 5.52 Å². The molecule has 4 fully saturated rings. The summed E-state index contributed by atoms with van der Waals surface area (Å²) in [6.07, 6.45) is 9.87. The molecule has 0 radical (unpaired) electrons. The molecule has 1 aromatic heterocycles. The van der Waals surface area contributed by atoms with Crippen LogP contribution in [0, 0.1) is 23.2 Å². The maximum atomic E-state index is 12.8. The van der Waals surface area contributed by atoms with Gasteiger partial charge in [0.1, 0.15) is 6.54 Å². The maximum absolute atomic E-state index is 12.8. The van der Waals surface area contributed by atoms with E-state index in [0.717, 1.165) is 23.3 Å². The van der Waals surface area contributed by atoms with Crippen LogP contribution in [0.25, 0.3) is 10.9 Å². The highest BCUT2D eigenvalue weighted by Crippen LogP contribution is 2.61. The maximum Gasteiger partial charge on any atom is 0.240 e. The van der Waals surface area contributed by atoms with Crippen LogP contribution in [0.5, 0.6) is 0 Å². The molecule has 4 nitrogen and oxygen atoms in total. The molecule has 1 unspecified atom stereocenters. The normalized spacial score (nSPS) is 32.6. The molecule has 1 heterocycles. The SMILES string of the molecule is CC(NC(=O)Cn1ccc(=O)c2ccccc21)C12CC3CC(CC(C3)C1)C2. The summed E-state index contributed by atoms with van der Waals surface area (Å²) in [5.74, 6) is 2.71. The molecule has 1 N–H and O–H groups in total. The topological polar surface area (TPSA) is 51.1 Å². The lowest BCUT2D eigenvalue weighted by Crippen LogP contribution is -2.56. The van der Waals surface area contributed by atoms with E-state index in [4.69, 9.17) is 0 Å². The molecule has 4 aliphatic rings. The second-order valence-corrected chi connectivity index (χ2v) is 9.39. The number of nitrogens with one attached hydrogen (secondary N) is 1. The van der Waals surface area contributed by atoms with Gasteiger partial charge in [0.15, 0.2) is 5.43 Å². The zero-order valence-electron chi connectivity index (χ0n) is 16.0. The summed E-state index contributed by atoms with van der Waals surface area (Å²) in [6.45, 7) is 2.48. The molecular weight excluding hydrogens is 336 g/mol. The van der Waals surface area contributed by atoms with Gasteiger partial charge >= 0.3 is 0 Å². The fourth-order valence-corrected chi connectivity index (χ4v) is 6.70. The van der Waals surface area contributed by atoms with E-state index in [1.54, 1.807) is 12.3 Å². The zero-order chi connectivity index (χ0) is 18.6. The molecule has 4 bridgehead atoms. The van der Waals surface area contributed by atoms with Crippen LogP contribution < -0.4 is 10.7 Å². The number of aromatic nitrogens is 1. The molecule has 6 rings (SSSR count). The Morgan fingerprint density at radius 1 is 1.11 bits per heavy atom. The van der Waals surface area contributed by atoms with Gasteiger partial charge in [0, 0.05) is 23.7 Å². The minimum absolute atomic E-state index is 0.00388. The predicted molar refractivity (Wildman–Crippen MR) is 106 cm³/mol. The van der Waals surface area contributed by atoms with Gasteiger partial charge in [-0.3, -0.25) is 9.59 Å². The lowest BCUT2D eigenvalue weighted by atomic mass is 9.48. The summed E-state index contributed by atoms with van der Waals surface area (Å²) in [5, 5.41) is 4.00. The third kappa shape index (κ3) is 2.90. The smallest absolute Gasteiger partial charge is 0.240 e. The third-order valence-electron chi connectivity index (χ3n) is 7.58. The number of nitrogens with zero attached hydrogens (tertiary/aromatic N) is 1. The van der Waals surface area contributed by atoms with Crippen molar-refractivity contribution in [3.8, 4) is 0 Å². The number of fused-ring (bicyclic) bond motifs is 1. The van der Waals surface area contributed by atoms with Gasteiger partial charge in [-0.1, -0.05) is 12.1 Å². The Balaban J connectivity index is 1.33. The van der Waals surface area contributed by atoms with Gasteiger partial charge in [-0.25, -0.2) is 0 Å². The lowest BCUT2D eigenvalue weighted by molar-refractivity contribution is -0.126. The average molecular weight is 364 g/mol. The van der Waals surface area contributed by atoms with Gasteiger partial charge in [-0.05, 0) is 80.8 Å². The van der Waals surface area contributed by atoms with E-state index in [9.17, 15) is 9.59 Å². The van der Waals surface area contributed by atoms with Crippen molar-refractivity contribution in [3.05, 3.63) is 46.8 Å². The van der Waals surface area contributed by atoms with Gasteiger partial charge in [-0.15, -0.1) is 0 Å². The average Bonchev–Trinajstić information content (AvgIpc) is 2.63. The van der Waals surface area contributed by atoms with Crippen molar-refractivity contribution in [3.63, 3.8) is 0 Å². The first-order valence-corrected chi connectivity index (χ1v) is 10.4. The number of amides is 1. The Hall–Kier alpha value is -2.10. The van der Waals surface area contributed by atoms with Crippen LogP contribution >= 0.6 is 0 Å². The van der Waals surface area contributed by atoms with E-state index in [1.807, 2.05) is 28.8 Å². The highest BCUT2D eigenvalue weighted by atomic mass is 16.2. The fourth-order valence-electron chi connectivity index (χ4n) is 6.70. The first-order valence-electron chi connectivity index (χ1n) is 10.4. The van der Waals surface area contributed by atoms with Crippen LogP contribution in [0.3, 0.4) is 0 Å². The highest BCUT2D eigenvalue weighted by Gasteiger charge is 2.53. The molecule has 0 aliphatic heterocycles. The van der Waals surface area contributed by atoms with Crippen LogP contribution in [-0.4, -0.2) is 16.5 Å². The predicted octanol–water partition coefficient (Wildman–Crippen LogP) is 3.72. The van der Waals surface area contributed by atoms with Gasteiger partial charge in [0.2, 0.25) is 5.91 Å². The Morgan fingerprint density at radius 2 is 1.74 bits per heavy atom. The van der Waals surface area contributed by atoms with Gasteiger partial charge < -0.3 is 9.88 Å². The summed E-state index contributed by atoms with van der Waals surface area (Å²) in [6, 6.07) is 9.29. The molecule has 0 saturated heterocycles. The molecule has 27 heavy (non-hydrogen) atoms. The Labute approximate surface area is 160 Å². The Bertz CT molecular complexity index is 910. The standard InChI is InChI=1S/C23H28N2O2/c1-15(23-11-16-8-17(12-23)10-18(9-16)13-23)24-22(27)14-25-7-6-21(26)19-4-2-3-5-20(19)25/h2-7,15-18H,8-14H2,1H3,(H,24,27). The van der Waals surface area contributed by atoms with Crippen LogP contribution in [-0.2, 0) is 11.3 Å². The third-order valence-corrected chi connectivity index (χ3v) is 7.58. The number of carbonyl (C=O) groups excluding carboxylic acids is 1. The van der Waals surface area contributed by atoms with E-state index in [1.165, 1.54) is 38.5 Å². The van der Waals surface area contributed by atoms with E-state index in [-0.39, 0.29) is 23.9 Å². The van der Waals surface area contributed by atoms with Crippen molar-refractivity contribution < 1.29 is 4.79 Å². The molecular formula is C23H28N2O2. The molecule has 1 amide bonds. The minimum atomic E-state index is 0.00388. The van der Waals surface area contributed by atoms with E-state index >= 15 is 0 Å². The summed E-state index contributed by atoms with van der Waals surface area (Å²) in [5.41, 5.74) is 1.14. The zero-order valence-corrected chi connectivity index (χ0v) is 16.0. The minimum Gasteiger partial charge on any atom is -0.352 e. The van der Waals surface area contributed by atoms with Crippen molar-refractivity contribution in [1.82, 2.24) is 9.88 Å². The first kappa shape index (κ1) is 17.0. The summed E-state index contributed by atoms with van der Waals surface area (Å²) in [7, 11) is 0. The van der Waals surface area contributed by atoms with E-state index < -0.39 is 0 Å². The quantitative estimate of drug-likeness (QED) is 0.899. The monoisotopic (exact) mass is 364 g/mol. The van der Waals surface area contributed by atoms with Crippen LogP contribution in [0.2, 0.25) is 0 Å².